The second-order valence-corrected chi connectivity index (χ2v) is 8.96. The number of anilines is 1. The van der Waals surface area contributed by atoms with Crippen LogP contribution < -0.4 is 5.32 Å². The van der Waals surface area contributed by atoms with E-state index in [1.165, 1.54) is 38.4 Å². The lowest BCUT2D eigenvalue weighted by Crippen LogP contribution is -2.38. The highest BCUT2D eigenvalue weighted by Gasteiger charge is 2.23. The summed E-state index contributed by atoms with van der Waals surface area (Å²) in [5.41, 5.74) is -0.518. The third-order valence-electron chi connectivity index (χ3n) is 4.28. The molecular formula is C20H22F3N3O4S. The van der Waals surface area contributed by atoms with Crippen molar-refractivity contribution in [2.45, 2.75) is 18.2 Å². The van der Waals surface area contributed by atoms with Gasteiger partial charge in [0.05, 0.1) is 10.6 Å². The molecule has 0 radical (unpaired) electrons. The number of carbonyl (C=O) groups excluding carboxylic acids is 2. The van der Waals surface area contributed by atoms with Gasteiger partial charge in [0.15, 0.2) is 17.5 Å². The Bertz CT molecular complexity index is 1090. The zero-order valence-corrected chi connectivity index (χ0v) is 18.0. The molecule has 2 amide bonds. The molecule has 0 aliphatic heterocycles. The lowest BCUT2D eigenvalue weighted by molar-refractivity contribution is -0.116. The SMILES string of the molecule is CCCN(CC(=O)Nc1ccc(F)c(F)c1F)C(=O)c1cccc(S(=O)(=O)N(C)C)c1. The Labute approximate surface area is 178 Å². The molecule has 168 valence electrons. The summed E-state index contributed by atoms with van der Waals surface area (Å²) in [5, 5.41) is 2.11. The number of halogens is 3. The molecule has 0 saturated heterocycles. The van der Waals surface area contributed by atoms with Crippen molar-refractivity contribution < 1.29 is 31.2 Å². The minimum atomic E-state index is -3.77. The molecule has 0 unspecified atom stereocenters. The zero-order chi connectivity index (χ0) is 23.3. The van der Waals surface area contributed by atoms with Gasteiger partial charge in [-0.2, -0.15) is 0 Å². The van der Waals surface area contributed by atoms with E-state index in [9.17, 15) is 31.2 Å². The van der Waals surface area contributed by atoms with E-state index in [0.717, 1.165) is 15.3 Å². The van der Waals surface area contributed by atoms with Crippen molar-refractivity contribution in [3.8, 4) is 0 Å². The van der Waals surface area contributed by atoms with Gasteiger partial charge in [0.1, 0.15) is 6.54 Å². The molecule has 0 aromatic heterocycles. The number of sulfonamides is 1. The average Bonchev–Trinajstić information content (AvgIpc) is 2.73. The van der Waals surface area contributed by atoms with Crippen molar-refractivity contribution in [3.05, 3.63) is 59.4 Å². The van der Waals surface area contributed by atoms with Crippen molar-refractivity contribution >= 4 is 27.5 Å². The second-order valence-electron chi connectivity index (χ2n) is 6.81. The van der Waals surface area contributed by atoms with Crippen LogP contribution in [0.4, 0.5) is 18.9 Å². The van der Waals surface area contributed by atoms with E-state index in [1.54, 1.807) is 6.92 Å². The minimum Gasteiger partial charge on any atom is -0.329 e. The fourth-order valence-electron chi connectivity index (χ4n) is 2.69. The zero-order valence-electron chi connectivity index (χ0n) is 17.2. The van der Waals surface area contributed by atoms with Crippen LogP contribution in [0.25, 0.3) is 0 Å². The molecule has 11 heteroatoms. The summed E-state index contributed by atoms with van der Waals surface area (Å²) in [6.45, 7) is 1.41. The monoisotopic (exact) mass is 457 g/mol. The molecular weight excluding hydrogens is 435 g/mol. The molecule has 7 nitrogen and oxygen atoms in total. The number of hydrogen-bond acceptors (Lipinski definition) is 4. The molecule has 0 spiro atoms. The Hall–Kier alpha value is -2.92. The number of hydrogen-bond donors (Lipinski definition) is 1. The highest BCUT2D eigenvalue weighted by molar-refractivity contribution is 7.89. The third kappa shape index (κ3) is 5.61. The van der Waals surface area contributed by atoms with Crippen LogP contribution in [0.3, 0.4) is 0 Å². The molecule has 0 saturated carbocycles. The minimum absolute atomic E-state index is 0.0446. The maximum atomic E-state index is 13.8. The highest BCUT2D eigenvalue weighted by Crippen LogP contribution is 2.20. The fraction of sp³-hybridized carbons (Fsp3) is 0.300. The molecule has 0 fully saturated rings. The van der Waals surface area contributed by atoms with Gasteiger partial charge in [-0.25, -0.2) is 25.9 Å². The van der Waals surface area contributed by atoms with Gasteiger partial charge < -0.3 is 10.2 Å². The van der Waals surface area contributed by atoms with E-state index in [0.29, 0.717) is 12.5 Å². The molecule has 0 heterocycles. The predicted molar refractivity (Wildman–Crippen MR) is 108 cm³/mol. The number of carbonyl (C=O) groups is 2. The summed E-state index contributed by atoms with van der Waals surface area (Å²) in [5.74, 6) is -6.12. The van der Waals surface area contributed by atoms with Crippen molar-refractivity contribution in [1.82, 2.24) is 9.21 Å². The van der Waals surface area contributed by atoms with E-state index in [-0.39, 0.29) is 17.0 Å². The van der Waals surface area contributed by atoms with Crippen LogP contribution in [0, 0.1) is 17.5 Å². The normalized spacial score (nSPS) is 11.5. The van der Waals surface area contributed by atoms with Gasteiger partial charge >= 0.3 is 0 Å². The van der Waals surface area contributed by atoms with Gasteiger partial charge in [0.25, 0.3) is 5.91 Å². The Balaban J connectivity index is 2.23. The van der Waals surface area contributed by atoms with Gasteiger partial charge in [-0.3, -0.25) is 9.59 Å². The summed E-state index contributed by atoms with van der Waals surface area (Å²) in [7, 11) is -1.06. The Morgan fingerprint density at radius 2 is 1.71 bits per heavy atom. The van der Waals surface area contributed by atoms with Gasteiger partial charge in [-0.15, -0.1) is 0 Å². The molecule has 2 rings (SSSR count). The van der Waals surface area contributed by atoms with Gasteiger partial charge in [-0.1, -0.05) is 13.0 Å². The second kappa shape index (κ2) is 9.92. The first kappa shape index (κ1) is 24.4. The predicted octanol–water partition coefficient (Wildman–Crippen LogP) is 2.85. The van der Waals surface area contributed by atoms with Crippen LogP contribution in [0.15, 0.2) is 41.3 Å². The first-order valence-corrected chi connectivity index (χ1v) is 10.7. The van der Waals surface area contributed by atoms with Crippen molar-refractivity contribution in [2.24, 2.45) is 0 Å². The lowest BCUT2D eigenvalue weighted by Gasteiger charge is -2.22. The van der Waals surface area contributed by atoms with Crippen molar-refractivity contribution in [1.29, 1.82) is 0 Å². The van der Waals surface area contributed by atoms with Crippen LogP contribution in [-0.4, -0.2) is 56.6 Å². The van der Waals surface area contributed by atoms with Crippen molar-refractivity contribution in [3.63, 3.8) is 0 Å². The smallest absolute Gasteiger partial charge is 0.254 e. The Kier molecular flexibility index (Phi) is 7.80. The van der Waals surface area contributed by atoms with E-state index in [1.807, 2.05) is 0 Å². The largest absolute Gasteiger partial charge is 0.329 e. The quantitative estimate of drug-likeness (QED) is 0.618. The maximum absolute atomic E-state index is 13.8. The summed E-state index contributed by atoms with van der Waals surface area (Å²) in [6, 6.07) is 6.89. The summed E-state index contributed by atoms with van der Waals surface area (Å²) < 4.78 is 65.8. The van der Waals surface area contributed by atoms with Crippen LogP contribution in [-0.2, 0) is 14.8 Å². The molecule has 2 aromatic carbocycles. The van der Waals surface area contributed by atoms with E-state index in [2.05, 4.69) is 5.32 Å². The fourth-order valence-corrected chi connectivity index (χ4v) is 3.64. The van der Waals surface area contributed by atoms with Crippen LogP contribution in [0.1, 0.15) is 23.7 Å². The molecule has 0 aliphatic rings. The molecule has 31 heavy (non-hydrogen) atoms. The topological polar surface area (TPSA) is 86.8 Å². The number of benzene rings is 2. The third-order valence-corrected chi connectivity index (χ3v) is 6.10. The number of rotatable bonds is 8. The standard InChI is InChI=1S/C20H22F3N3O4S/c1-4-10-26(12-17(27)24-16-9-8-15(21)18(22)19(16)23)20(28)13-6-5-7-14(11-13)31(29,30)25(2)3/h5-9,11H,4,10,12H2,1-3H3,(H,24,27). The molecule has 0 atom stereocenters. The van der Waals surface area contributed by atoms with Gasteiger partial charge in [0, 0.05) is 26.2 Å². The van der Waals surface area contributed by atoms with Crippen LogP contribution in [0.5, 0.6) is 0 Å². The number of nitrogens with zero attached hydrogens (tertiary/aromatic N) is 2. The van der Waals surface area contributed by atoms with Crippen LogP contribution >= 0.6 is 0 Å². The first-order chi connectivity index (χ1) is 14.5. The van der Waals surface area contributed by atoms with E-state index in [4.69, 9.17) is 0 Å². The molecule has 0 bridgehead atoms. The number of amides is 2. The lowest BCUT2D eigenvalue weighted by atomic mass is 10.2. The summed E-state index contributed by atoms with van der Waals surface area (Å²) in [6.07, 6.45) is 0.480. The first-order valence-electron chi connectivity index (χ1n) is 9.24. The molecule has 1 N–H and O–H groups in total. The number of nitrogens with one attached hydrogen (secondary N) is 1. The van der Waals surface area contributed by atoms with Crippen molar-refractivity contribution in [2.75, 3.05) is 32.5 Å². The van der Waals surface area contributed by atoms with E-state index < -0.39 is 51.5 Å². The summed E-state index contributed by atoms with van der Waals surface area (Å²) >= 11 is 0. The van der Waals surface area contributed by atoms with Gasteiger partial charge in [0.2, 0.25) is 15.9 Å². The average molecular weight is 457 g/mol. The van der Waals surface area contributed by atoms with E-state index >= 15 is 0 Å². The Morgan fingerprint density at radius 1 is 1.03 bits per heavy atom. The maximum Gasteiger partial charge on any atom is 0.254 e. The summed E-state index contributed by atoms with van der Waals surface area (Å²) in [4.78, 5) is 26.3. The molecule has 2 aromatic rings. The van der Waals surface area contributed by atoms with Gasteiger partial charge in [-0.05, 0) is 36.8 Å². The highest BCUT2D eigenvalue weighted by atomic mass is 32.2. The molecule has 0 aliphatic carbocycles. The Morgan fingerprint density at radius 3 is 2.32 bits per heavy atom. The van der Waals surface area contributed by atoms with Crippen LogP contribution in [0.2, 0.25) is 0 Å².